The van der Waals surface area contributed by atoms with Gasteiger partial charge in [-0.3, -0.25) is 0 Å². The zero-order valence-electron chi connectivity index (χ0n) is 9.46. The predicted molar refractivity (Wildman–Crippen MR) is 61.3 cm³/mol. The Morgan fingerprint density at radius 3 is 2.59 bits per heavy atom. The van der Waals surface area contributed by atoms with Gasteiger partial charge in [0.25, 0.3) is 0 Å². The van der Waals surface area contributed by atoms with E-state index in [0.29, 0.717) is 6.61 Å². The molecule has 2 nitrogen and oxygen atoms in total. The van der Waals surface area contributed by atoms with E-state index in [4.69, 9.17) is 10.5 Å². The van der Waals surface area contributed by atoms with E-state index < -0.39 is 11.6 Å². The first kappa shape index (κ1) is 12.0. The average Bonchev–Trinajstić information content (AvgIpc) is 2.35. The van der Waals surface area contributed by atoms with Gasteiger partial charge in [-0.15, -0.1) is 0 Å². The predicted octanol–water partition coefficient (Wildman–Crippen LogP) is 2.53. The molecule has 17 heavy (non-hydrogen) atoms. The molecule has 0 aliphatic carbocycles. The molecule has 0 radical (unpaired) electrons. The lowest BCUT2D eigenvalue weighted by molar-refractivity contribution is 0.221. The summed E-state index contributed by atoms with van der Waals surface area (Å²) in [6, 6.07) is 3.46. The standard InChI is InChI=1S/C13H15F2NO/c14-11-4-1-5-12(15)10(11)7-13(16)9-3-2-6-17-8-9/h1,4-5,8,13H,2-3,6-7,16H2. The van der Waals surface area contributed by atoms with Gasteiger partial charge in [0.15, 0.2) is 0 Å². The van der Waals surface area contributed by atoms with Crippen LogP contribution < -0.4 is 5.73 Å². The Hall–Kier alpha value is -1.42. The van der Waals surface area contributed by atoms with Crippen molar-refractivity contribution >= 4 is 0 Å². The molecule has 0 bridgehead atoms. The van der Waals surface area contributed by atoms with Gasteiger partial charge >= 0.3 is 0 Å². The van der Waals surface area contributed by atoms with E-state index in [-0.39, 0.29) is 18.0 Å². The molecule has 2 N–H and O–H groups in total. The van der Waals surface area contributed by atoms with Crippen molar-refractivity contribution in [3.8, 4) is 0 Å². The molecule has 0 amide bonds. The third-order valence-electron chi connectivity index (χ3n) is 2.92. The van der Waals surface area contributed by atoms with E-state index in [0.717, 1.165) is 18.4 Å². The molecule has 2 rings (SSSR count). The molecule has 0 fully saturated rings. The van der Waals surface area contributed by atoms with Crippen molar-refractivity contribution < 1.29 is 13.5 Å². The van der Waals surface area contributed by atoms with Crippen LogP contribution in [0.1, 0.15) is 18.4 Å². The number of benzene rings is 1. The summed E-state index contributed by atoms with van der Waals surface area (Å²) in [7, 11) is 0. The van der Waals surface area contributed by atoms with Gasteiger partial charge in [0, 0.05) is 11.6 Å². The van der Waals surface area contributed by atoms with Crippen molar-refractivity contribution in [1.82, 2.24) is 0 Å². The molecule has 1 heterocycles. The molecule has 0 saturated heterocycles. The lowest BCUT2D eigenvalue weighted by Crippen LogP contribution is -2.28. The molecule has 0 spiro atoms. The Morgan fingerprint density at radius 1 is 1.29 bits per heavy atom. The lowest BCUT2D eigenvalue weighted by Gasteiger charge is -2.20. The van der Waals surface area contributed by atoms with Gasteiger partial charge in [0.05, 0.1) is 12.9 Å². The largest absolute Gasteiger partial charge is 0.501 e. The Labute approximate surface area is 99.1 Å². The molecule has 1 aliphatic heterocycles. The Morgan fingerprint density at radius 2 is 2.00 bits per heavy atom. The second kappa shape index (κ2) is 5.27. The van der Waals surface area contributed by atoms with E-state index in [1.54, 1.807) is 6.26 Å². The van der Waals surface area contributed by atoms with Crippen LogP contribution in [0.4, 0.5) is 8.78 Å². The van der Waals surface area contributed by atoms with Crippen molar-refractivity contribution in [3.05, 3.63) is 47.2 Å². The molecule has 1 aromatic rings. The summed E-state index contributed by atoms with van der Waals surface area (Å²) >= 11 is 0. The number of hydrogen-bond acceptors (Lipinski definition) is 2. The zero-order valence-corrected chi connectivity index (χ0v) is 9.46. The Bertz CT molecular complexity index is 411. The maximum absolute atomic E-state index is 13.4. The maximum Gasteiger partial charge on any atom is 0.129 e. The lowest BCUT2D eigenvalue weighted by atomic mass is 9.96. The number of halogens is 2. The highest BCUT2D eigenvalue weighted by atomic mass is 19.1. The molecule has 1 aromatic carbocycles. The molecule has 1 aliphatic rings. The summed E-state index contributed by atoms with van der Waals surface area (Å²) in [6.07, 6.45) is 3.51. The smallest absolute Gasteiger partial charge is 0.129 e. The van der Waals surface area contributed by atoms with Crippen LogP contribution in [0.5, 0.6) is 0 Å². The topological polar surface area (TPSA) is 35.2 Å². The first-order chi connectivity index (χ1) is 8.18. The molecular weight excluding hydrogens is 224 g/mol. The van der Waals surface area contributed by atoms with Crippen LogP contribution >= 0.6 is 0 Å². The minimum Gasteiger partial charge on any atom is -0.501 e. The zero-order chi connectivity index (χ0) is 12.3. The number of hydrogen-bond donors (Lipinski definition) is 1. The average molecular weight is 239 g/mol. The van der Waals surface area contributed by atoms with E-state index in [9.17, 15) is 8.78 Å². The normalized spacial score (nSPS) is 17.2. The highest BCUT2D eigenvalue weighted by Gasteiger charge is 2.17. The molecule has 1 unspecified atom stereocenters. The molecule has 92 valence electrons. The summed E-state index contributed by atoms with van der Waals surface area (Å²) in [5, 5.41) is 0. The molecule has 4 heteroatoms. The van der Waals surface area contributed by atoms with Crippen LogP contribution in [0.15, 0.2) is 30.0 Å². The van der Waals surface area contributed by atoms with Crippen molar-refractivity contribution in [2.75, 3.05) is 6.61 Å². The van der Waals surface area contributed by atoms with Crippen molar-refractivity contribution in [2.24, 2.45) is 5.73 Å². The fraction of sp³-hybridized carbons (Fsp3) is 0.385. The number of ether oxygens (including phenoxy) is 1. The first-order valence-corrected chi connectivity index (χ1v) is 5.67. The fourth-order valence-electron chi connectivity index (χ4n) is 1.94. The van der Waals surface area contributed by atoms with Gasteiger partial charge in [0.1, 0.15) is 11.6 Å². The molecular formula is C13H15F2NO. The highest BCUT2D eigenvalue weighted by molar-refractivity contribution is 5.23. The minimum absolute atomic E-state index is 0.0477. The van der Waals surface area contributed by atoms with Crippen LogP contribution in [-0.2, 0) is 11.2 Å². The van der Waals surface area contributed by atoms with Crippen LogP contribution in [0.3, 0.4) is 0 Å². The van der Waals surface area contributed by atoms with Crippen LogP contribution in [-0.4, -0.2) is 12.6 Å². The second-order valence-corrected chi connectivity index (χ2v) is 4.18. The van der Waals surface area contributed by atoms with Gasteiger partial charge in [-0.2, -0.15) is 0 Å². The van der Waals surface area contributed by atoms with Crippen molar-refractivity contribution in [3.63, 3.8) is 0 Å². The maximum atomic E-state index is 13.4. The van der Waals surface area contributed by atoms with Crippen LogP contribution in [0.25, 0.3) is 0 Å². The molecule has 0 aromatic heterocycles. The van der Waals surface area contributed by atoms with Gasteiger partial charge in [-0.05, 0) is 37.0 Å². The van der Waals surface area contributed by atoms with Crippen LogP contribution in [0.2, 0.25) is 0 Å². The van der Waals surface area contributed by atoms with Gasteiger partial charge in [-0.1, -0.05) is 6.07 Å². The van der Waals surface area contributed by atoms with E-state index in [1.165, 1.54) is 18.2 Å². The quantitative estimate of drug-likeness (QED) is 0.879. The number of nitrogens with two attached hydrogens (primary N) is 1. The van der Waals surface area contributed by atoms with E-state index >= 15 is 0 Å². The third-order valence-corrected chi connectivity index (χ3v) is 2.92. The van der Waals surface area contributed by atoms with Gasteiger partial charge in [0.2, 0.25) is 0 Å². The first-order valence-electron chi connectivity index (χ1n) is 5.67. The summed E-state index contributed by atoms with van der Waals surface area (Å²) < 4.78 is 32.0. The van der Waals surface area contributed by atoms with Crippen LogP contribution in [0, 0.1) is 11.6 Å². The second-order valence-electron chi connectivity index (χ2n) is 4.18. The van der Waals surface area contributed by atoms with Gasteiger partial charge < -0.3 is 10.5 Å². The Kier molecular flexibility index (Phi) is 3.74. The highest BCUT2D eigenvalue weighted by Crippen LogP contribution is 2.20. The Balaban J connectivity index is 2.12. The summed E-state index contributed by atoms with van der Waals surface area (Å²) in [4.78, 5) is 0. The van der Waals surface area contributed by atoms with Gasteiger partial charge in [-0.25, -0.2) is 8.78 Å². The minimum atomic E-state index is -0.544. The summed E-state index contributed by atoms with van der Waals surface area (Å²) in [5.74, 6) is -1.09. The van der Waals surface area contributed by atoms with Crippen molar-refractivity contribution in [1.29, 1.82) is 0 Å². The fourth-order valence-corrected chi connectivity index (χ4v) is 1.94. The number of rotatable bonds is 3. The van der Waals surface area contributed by atoms with E-state index in [2.05, 4.69) is 0 Å². The monoisotopic (exact) mass is 239 g/mol. The van der Waals surface area contributed by atoms with Crippen molar-refractivity contribution in [2.45, 2.75) is 25.3 Å². The van der Waals surface area contributed by atoms with E-state index in [1.807, 2.05) is 0 Å². The SMILES string of the molecule is NC(Cc1c(F)cccc1F)C1=COCCC1. The summed E-state index contributed by atoms with van der Waals surface area (Å²) in [5.41, 5.74) is 6.90. The summed E-state index contributed by atoms with van der Waals surface area (Å²) in [6.45, 7) is 0.685. The molecule has 1 atom stereocenters. The molecule has 0 saturated carbocycles. The third kappa shape index (κ3) is 2.82.